The van der Waals surface area contributed by atoms with Crippen molar-refractivity contribution in [3.8, 4) is 0 Å². The van der Waals surface area contributed by atoms with E-state index in [0.717, 1.165) is 11.1 Å². The Kier molecular flexibility index (Phi) is 8.58. The number of amides is 1. The summed E-state index contributed by atoms with van der Waals surface area (Å²) in [5, 5.41) is 3.24. The highest BCUT2D eigenvalue weighted by Crippen LogP contribution is 2.20. The first-order valence-corrected chi connectivity index (χ1v) is 11.8. The molecule has 164 valence electrons. The van der Waals surface area contributed by atoms with Gasteiger partial charge in [0.15, 0.2) is 0 Å². The van der Waals surface area contributed by atoms with Gasteiger partial charge in [0.05, 0.1) is 17.5 Å². The summed E-state index contributed by atoms with van der Waals surface area (Å²) in [4.78, 5) is 14.6. The van der Waals surface area contributed by atoms with E-state index in [2.05, 4.69) is 5.32 Å². The molecule has 2 rings (SSSR count). The van der Waals surface area contributed by atoms with Crippen LogP contribution in [0.4, 0.5) is 0 Å². The Morgan fingerprint density at radius 2 is 1.50 bits per heavy atom. The third kappa shape index (κ3) is 5.68. The number of likely N-dealkylation sites (N-methyl/N-ethyl adjacent to an activating group) is 1. The van der Waals surface area contributed by atoms with Gasteiger partial charge in [-0.05, 0) is 37.1 Å². The van der Waals surface area contributed by atoms with Crippen molar-refractivity contribution in [2.45, 2.75) is 44.7 Å². The number of sulfonamides is 1. The second-order valence-electron chi connectivity index (χ2n) is 7.35. The molecule has 0 heterocycles. The molecular weight excluding hydrogens is 398 g/mol. The molecule has 0 fully saturated rings. The largest absolute Gasteiger partial charge is 0.338 e. The zero-order chi connectivity index (χ0) is 22.3. The van der Waals surface area contributed by atoms with Gasteiger partial charge in [-0.15, -0.1) is 0 Å². The van der Waals surface area contributed by atoms with Crippen LogP contribution in [0.1, 0.15) is 50.9 Å². The minimum atomic E-state index is -3.46. The number of carbonyl (C=O) groups excluding carboxylic acids is 1. The lowest BCUT2D eigenvalue weighted by molar-refractivity contribution is -0.131. The van der Waals surface area contributed by atoms with Crippen LogP contribution in [0.3, 0.4) is 0 Å². The fourth-order valence-electron chi connectivity index (χ4n) is 3.30. The van der Waals surface area contributed by atoms with Gasteiger partial charge >= 0.3 is 0 Å². The molecule has 7 heteroatoms. The molecule has 0 spiro atoms. The first kappa shape index (κ1) is 24.1. The summed E-state index contributed by atoms with van der Waals surface area (Å²) in [6, 6.07) is 16.7. The predicted molar refractivity (Wildman–Crippen MR) is 121 cm³/mol. The molecule has 6 nitrogen and oxygen atoms in total. The third-order valence-corrected chi connectivity index (χ3v) is 7.60. The minimum Gasteiger partial charge on any atom is -0.338 e. The van der Waals surface area contributed by atoms with Gasteiger partial charge in [0, 0.05) is 26.2 Å². The van der Waals surface area contributed by atoms with Gasteiger partial charge in [-0.2, -0.15) is 4.31 Å². The molecule has 0 aliphatic carbocycles. The Balaban J connectivity index is 1.98. The van der Waals surface area contributed by atoms with Crippen LogP contribution in [0, 0.1) is 0 Å². The highest BCUT2D eigenvalue weighted by molar-refractivity contribution is 7.89. The average Bonchev–Trinajstić information content (AvgIpc) is 2.77. The smallest absolute Gasteiger partial charge is 0.243 e. The summed E-state index contributed by atoms with van der Waals surface area (Å²) >= 11 is 0. The van der Waals surface area contributed by atoms with Crippen molar-refractivity contribution in [2.75, 3.05) is 26.7 Å². The van der Waals surface area contributed by atoms with Crippen LogP contribution in [0.5, 0.6) is 0 Å². The second-order valence-corrected chi connectivity index (χ2v) is 9.29. The van der Waals surface area contributed by atoms with Crippen molar-refractivity contribution >= 4 is 15.9 Å². The Morgan fingerprint density at radius 3 is 2.03 bits per heavy atom. The zero-order valence-corrected chi connectivity index (χ0v) is 19.3. The summed E-state index contributed by atoms with van der Waals surface area (Å²) < 4.78 is 26.6. The Labute approximate surface area is 180 Å². The van der Waals surface area contributed by atoms with E-state index >= 15 is 0 Å². The van der Waals surface area contributed by atoms with Crippen molar-refractivity contribution < 1.29 is 13.2 Å². The van der Waals surface area contributed by atoms with Crippen molar-refractivity contribution in [2.24, 2.45) is 0 Å². The van der Waals surface area contributed by atoms with Crippen LogP contribution in [0.15, 0.2) is 59.5 Å². The summed E-state index contributed by atoms with van der Waals surface area (Å²) in [6.07, 6.45) is 0. The van der Waals surface area contributed by atoms with E-state index in [-0.39, 0.29) is 29.4 Å². The van der Waals surface area contributed by atoms with Gasteiger partial charge in [0.25, 0.3) is 0 Å². The van der Waals surface area contributed by atoms with E-state index in [0.29, 0.717) is 13.1 Å². The summed E-state index contributed by atoms with van der Waals surface area (Å²) in [7, 11) is -1.66. The third-order valence-electron chi connectivity index (χ3n) is 5.54. The maximum Gasteiger partial charge on any atom is 0.243 e. The van der Waals surface area contributed by atoms with Crippen LogP contribution < -0.4 is 5.32 Å². The van der Waals surface area contributed by atoms with Crippen molar-refractivity contribution in [1.82, 2.24) is 14.5 Å². The molecule has 0 saturated carbocycles. The lowest BCUT2D eigenvalue weighted by atomic mass is 10.1. The highest BCUT2D eigenvalue weighted by atomic mass is 32.2. The summed E-state index contributed by atoms with van der Waals surface area (Å²) in [5.74, 6) is -0.000987. The van der Waals surface area contributed by atoms with E-state index in [9.17, 15) is 13.2 Å². The molecule has 0 radical (unpaired) electrons. The monoisotopic (exact) mass is 431 g/mol. The number of hydrogen-bond donors (Lipinski definition) is 1. The molecule has 0 saturated heterocycles. The predicted octanol–water partition coefficient (Wildman–Crippen LogP) is 3.59. The van der Waals surface area contributed by atoms with Gasteiger partial charge in [-0.1, -0.05) is 56.3 Å². The molecular formula is C23H33N3O3S. The van der Waals surface area contributed by atoms with Crippen molar-refractivity contribution in [3.63, 3.8) is 0 Å². The Bertz CT molecular complexity index is 910. The summed E-state index contributed by atoms with van der Waals surface area (Å²) in [5.41, 5.74) is 2.02. The molecule has 0 unspecified atom stereocenters. The highest BCUT2D eigenvalue weighted by Gasteiger charge is 2.22. The van der Waals surface area contributed by atoms with E-state index in [1.807, 2.05) is 58.0 Å². The standard InChI is InChI=1S/C23H33N3O3S/c1-6-26(7-2)30(28,29)22-15-13-20(14-16-22)18(3)24-17-23(27)25(5)19(4)21-11-9-8-10-12-21/h8-16,18-19,24H,6-7,17H2,1-5H3/t18-,19-/m0/s1. The summed E-state index contributed by atoms with van der Waals surface area (Å²) in [6.45, 7) is 8.70. The fraction of sp³-hybridized carbons (Fsp3) is 0.435. The van der Waals surface area contributed by atoms with E-state index in [1.54, 1.807) is 36.2 Å². The number of rotatable bonds is 10. The molecule has 0 aromatic heterocycles. The maximum absolute atomic E-state index is 12.6. The number of carbonyl (C=O) groups is 1. The number of benzene rings is 2. The quantitative estimate of drug-likeness (QED) is 0.624. The van der Waals surface area contributed by atoms with Crippen LogP contribution in [-0.4, -0.2) is 50.2 Å². The first-order valence-electron chi connectivity index (χ1n) is 10.4. The van der Waals surface area contributed by atoms with Crippen molar-refractivity contribution in [3.05, 3.63) is 65.7 Å². The van der Waals surface area contributed by atoms with Crippen LogP contribution in [-0.2, 0) is 14.8 Å². The van der Waals surface area contributed by atoms with Crippen LogP contribution in [0.25, 0.3) is 0 Å². The maximum atomic E-state index is 12.6. The number of hydrogen-bond acceptors (Lipinski definition) is 4. The first-order chi connectivity index (χ1) is 14.2. The molecule has 0 bridgehead atoms. The molecule has 0 aliphatic rings. The van der Waals surface area contributed by atoms with Gasteiger partial charge in [-0.3, -0.25) is 4.79 Å². The van der Waals surface area contributed by atoms with E-state index in [4.69, 9.17) is 0 Å². The minimum absolute atomic E-state index is 0.000987. The fourth-order valence-corrected chi connectivity index (χ4v) is 4.75. The van der Waals surface area contributed by atoms with Crippen LogP contribution >= 0.6 is 0 Å². The molecule has 2 aromatic rings. The van der Waals surface area contributed by atoms with Crippen LogP contribution in [0.2, 0.25) is 0 Å². The molecule has 1 N–H and O–H groups in total. The van der Waals surface area contributed by atoms with Gasteiger partial charge in [-0.25, -0.2) is 8.42 Å². The molecule has 1 amide bonds. The molecule has 30 heavy (non-hydrogen) atoms. The number of nitrogens with one attached hydrogen (secondary N) is 1. The van der Waals surface area contributed by atoms with E-state index < -0.39 is 10.0 Å². The van der Waals surface area contributed by atoms with Gasteiger partial charge in [0.2, 0.25) is 15.9 Å². The molecule has 2 atom stereocenters. The van der Waals surface area contributed by atoms with Gasteiger partial charge in [0.1, 0.15) is 0 Å². The average molecular weight is 432 g/mol. The Morgan fingerprint density at radius 1 is 0.933 bits per heavy atom. The lowest BCUT2D eigenvalue weighted by Crippen LogP contribution is -2.37. The number of nitrogens with zero attached hydrogens (tertiary/aromatic N) is 2. The molecule has 2 aromatic carbocycles. The normalized spacial score (nSPS) is 13.8. The van der Waals surface area contributed by atoms with Crippen molar-refractivity contribution in [1.29, 1.82) is 0 Å². The Hall–Kier alpha value is -2.22. The topological polar surface area (TPSA) is 69.7 Å². The van der Waals surface area contributed by atoms with Gasteiger partial charge < -0.3 is 10.2 Å². The zero-order valence-electron chi connectivity index (χ0n) is 18.5. The SMILES string of the molecule is CCN(CC)S(=O)(=O)c1ccc([C@H](C)NCC(=O)N(C)[C@@H](C)c2ccccc2)cc1. The van der Waals surface area contributed by atoms with E-state index in [1.165, 1.54) is 4.31 Å². The lowest BCUT2D eigenvalue weighted by Gasteiger charge is -2.26. The second kappa shape index (κ2) is 10.7. The molecule has 0 aliphatic heterocycles.